The number of aryl methyl sites for hydroxylation is 1. The first kappa shape index (κ1) is 21.3. The van der Waals surface area contributed by atoms with E-state index in [-0.39, 0.29) is 6.54 Å². The molecule has 0 unspecified atom stereocenters. The lowest BCUT2D eigenvalue weighted by Crippen LogP contribution is -2.12. The van der Waals surface area contributed by atoms with Crippen molar-refractivity contribution in [3.8, 4) is 0 Å². The van der Waals surface area contributed by atoms with Crippen molar-refractivity contribution >= 4 is 40.9 Å². The molecule has 148 valence electrons. The number of hydrogen-bond donors (Lipinski definition) is 3. The van der Waals surface area contributed by atoms with E-state index >= 15 is 0 Å². The van der Waals surface area contributed by atoms with Crippen LogP contribution >= 0.6 is 0 Å². The van der Waals surface area contributed by atoms with Crippen LogP contribution in [0.1, 0.15) is 55.5 Å². The number of allylic oxidation sites excluding steroid dienone is 1. The molecule has 5 N–H and O–H groups in total. The molecule has 6 heteroatoms. The van der Waals surface area contributed by atoms with Gasteiger partial charge in [-0.05, 0) is 48.9 Å². The highest BCUT2D eigenvalue weighted by molar-refractivity contribution is 6.12. The number of carbonyl (C=O) groups is 1. The Balaban J connectivity index is 0.000000878. The maximum absolute atomic E-state index is 10.5. The van der Waals surface area contributed by atoms with Gasteiger partial charge in [0.25, 0.3) is 0 Å². The van der Waals surface area contributed by atoms with Crippen molar-refractivity contribution in [1.29, 1.82) is 5.41 Å². The minimum absolute atomic E-state index is 0.0988. The van der Waals surface area contributed by atoms with Crippen LogP contribution in [-0.2, 0) is 17.6 Å². The highest BCUT2D eigenvalue weighted by Crippen LogP contribution is 2.35. The van der Waals surface area contributed by atoms with Gasteiger partial charge in [0.15, 0.2) is 0 Å². The Hall–Kier alpha value is -3.02. The molecule has 0 amide bonds. The molecule has 0 fully saturated rings. The molecule has 2 aromatic rings. The first-order chi connectivity index (χ1) is 13.6. The summed E-state index contributed by atoms with van der Waals surface area (Å²) in [5.74, 6) is 0. The number of aliphatic imine (C=N–C) groups is 1. The van der Waals surface area contributed by atoms with Gasteiger partial charge in [-0.1, -0.05) is 20.3 Å². The van der Waals surface area contributed by atoms with Crippen LogP contribution in [0.15, 0.2) is 23.3 Å². The van der Waals surface area contributed by atoms with E-state index in [2.05, 4.69) is 18.8 Å². The number of rotatable bonds is 5. The number of nitrogens with zero attached hydrogens (tertiary/aromatic N) is 2. The summed E-state index contributed by atoms with van der Waals surface area (Å²) in [6, 6.07) is 3.66. The van der Waals surface area contributed by atoms with E-state index in [1.54, 1.807) is 12.3 Å². The van der Waals surface area contributed by atoms with Crippen LogP contribution in [0.4, 0.5) is 5.69 Å². The SMILES string of the molecule is CCC.N=Cc1c(N)ccc2nc(/C(C=NCC=O)=C/N)c3c(c12)CCCC3. The quantitative estimate of drug-likeness (QED) is 0.417. The third kappa shape index (κ3) is 4.44. The van der Waals surface area contributed by atoms with Crippen molar-refractivity contribution in [1.82, 2.24) is 4.98 Å². The smallest absolute Gasteiger partial charge is 0.141 e. The molecule has 0 radical (unpaired) electrons. The first-order valence-electron chi connectivity index (χ1n) is 9.72. The van der Waals surface area contributed by atoms with E-state index in [0.717, 1.165) is 59.7 Å². The van der Waals surface area contributed by atoms with Crippen LogP contribution in [0.3, 0.4) is 0 Å². The van der Waals surface area contributed by atoms with Crippen molar-refractivity contribution in [2.24, 2.45) is 10.7 Å². The van der Waals surface area contributed by atoms with E-state index in [4.69, 9.17) is 21.9 Å². The van der Waals surface area contributed by atoms with Crippen LogP contribution in [0.25, 0.3) is 16.5 Å². The van der Waals surface area contributed by atoms with Crippen LogP contribution in [0, 0.1) is 5.41 Å². The van der Waals surface area contributed by atoms with E-state index in [0.29, 0.717) is 11.3 Å². The third-order valence-electron chi connectivity index (χ3n) is 4.55. The molecule has 1 aliphatic carbocycles. The second kappa shape index (κ2) is 10.3. The van der Waals surface area contributed by atoms with Crippen LogP contribution in [-0.4, -0.2) is 30.2 Å². The molecule has 1 aromatic carbocycles. The summed E-state index contributed by atoms with van der Waals surface area (Å²) in [6.45, 7) is 4.35. The number of hydrogen-bond acceptors (Lipinski definition) is 6. The van der Waals surface area contributed by atoms with Crippen molar-refractivity contribution in [2.75, 3.05) is 12.3 Å². The normalized spacial score (nSPS) is 13.7. The van der Waals surface area contributed by atoms with E-state index in [1.807, 2.05) is 6.07 Å². The molecular formula is C22H29N5O. The summed E-state index contributed by atoms with van der Waals surface area (Å²) in [5.41, 5.74) is 17.8. The van der Waals surface area contributed by atoms with Gasteiger partial charge in [0.2, 0.25) is 0 Å². The van der Waals surface area contributed by atoms with Gasteiger partial charge in [-0.25, -0.2) is 4.98 Å². The van der Waals surface area contributed by atoms with Gasteiger partial charge in [-0.2, -0.15) is 0 Å². The minimum Gasteiger partial charge on any atom is -0.404 e. The Morgan fingerprint density at radius 3 is 2.54 bits per heavy atom. The summed E-state index contributed by atoms with van der Waals surface area (Å²) in [4.78, 5) is 19.4. The summed E-state index contributed by atoms with van der Waals surface area (Å²) in [6.07, 6.45) is 10.4. The summed E-state index contributed by atoms with van der Waals surface area (Å²) in [7, 11) is 0. The lowest BCUT2D eigenvalue weighted by Gasteiger charge is -2.22. The Morgan fingerprint density at radius 2 is 1.93 bits per heavy atom. The van der Waals surface area contributed by atoms with Crippen molar-refractivity contribution in [3.63, 3.8) is 0 Å². The second-order valence-electron chi connectivity index (χ2n) is 6.72. The predicted molar refractivity (Wildman–Crippen MR) is 118 cm³/mol. The Bertz CT molecular complexity index is 915. The van der Waals surface area contributed by atoms with Gasteiger partial charge in [0.05, 0.1) is 17.8 Å². The van der Waals surface area contributed by atoms with Gasteiger partial charge in [-0.3, -0.25) is 4.99 Å². The first-order valence-corrected chi connectivity index (χ1v) is 9.72. The number of aldehydes is 1. The largest absolute Gasteiger partial charge is 0.404 e. The zero-order valence-electron chi connectivity index (χ0n) is 16.7. The topological polar surface area (TPSA) is 118 Å². The van der Waals surface area contributed by atoms with E-state index in [1.165, 1.54) is 24.4 Å². The average molecular weight is 380 g/mol. The standard InChI is InChI=1S/C19H21N5O.C3H8/c20-9-12(11-23-7-8-25)19-14-4-2-1-3-13(14)18-15(10-21)16(22)5-6-17(18)24-19;1-3-2/h5-6,8-11,21H,1-4,7,20,22H2;3H2,1-2H3/b12-9+,21-10?,23-11?;. The average Bonchev–Trinajstić information content (AvgIpc) is 2.71. The molecule has 0 aliphatic heterocycles. The number of nitrogens with two attached hydrogens (primary N) is 2. The number of fused-ring (bicyclic) bond motifs is 3. The number of pyridine rings is 1. The molecule has 1 heterocycles. The minimum atomic E-state index is 0.0988. The molecule has 1 aromatic heterocycles. The maximum Gasteiger partial charge on any atom is 0.141 e. The third-order valence-corrected chi connectivity index (χ3v) is 4.55. The summed E-state index contributed by atoms with van der Waals surface area (Å²) in [5, 5.41) is 8.72. The lowest BCUT2D eigenvalue weighted by atomic mass is 9.85. The predicted octanol–water partition coefficient (Wildman–Crippen LogP) is 3.68. The van der Waals surface area contributed by atoms with E-state index in [9.17, 15) is 4.79 Å². The zero-order chi connectivity index (χ0) is 20.5. The van der Waals surface area contributed by atoms with Gasteiger partial charge < -0.3 is 21.7 Å². The Morgan fingerprint density at radius 1 is 1.25 bits per heavy atom. The number of nitrogens with one attached hydrogen (secondary N) is 1. The molecule has 0 bridgehead atoms. The number of carbonyl (C=O) groups excluding carboxylic acids is 1. The number of benzene rings is 1. The van der Waals surface area contributed by atoms with Gasteiger partial charge in [0.1, 0.15) is 6.29 Å². The molecule has 0 atom stereocenters. The van der Waals surface area contributed by atoms with Crippen LogP contribution < -0.4 is 11.5 Å². The fourth-order valence-electron chi connectivity index (χ4n) is 3.44. The zero-order valence-corrected chi connectivity index (χ0v) is 16.7. The highest BCUT2D eigenvalue weighted by atomic mass is 16.1. The molecule has 0 spiro atoms. The molecular weight excluding hydrogens is 350 g/mol. The number of aromatic nitrogens is 1. The maximum atomic E-state index is 10.5. The van der Waals surface area contributed by atoms with Crippen molar-refractivity contribution in [3.05, 3.63) is 40.7 Å². The van der Waals surface area contributed by atoms with Gasteiger partial charge in [0, 0.05) is 40.8 Å². The summed E-state index contributed by atoms with van der Waals surface area (Å²) < 4.78 is 0. The summed E-state index contributed by atoms with van der Waals surface area (Å²) >= 11 is 0. The highest BCUT2D eigenvalue weighted by Gasteiger charge is 2.21. The van der Waals surface area contributed by atoms with Crippen LogP contribution in [0.5, 0.6) is 0 Å². The fraction of sp³-hybridized carbons (Fsp3) is 0.364. The molecule has 0 saturated heterocycles. The second-order valence-corrected chi connectivity index (χ2v) is 6.72. The fourth-order valence-corrected chi connectivity index (χ4v) is 3.44. The number of anilines is 1. The molecule has 28 heavy (non-hydrogen) atoms. The van der Waals surface area contributed by atoms with E-state index < -0.39 is 0 Å². The number of nitrogen functional groups attached to an aromatic ring is 1. The molecule has 6 nitrogen and oxygen atoms in total. The van der Waals surface area contributed by atoms with Crippen molar-refractivity contribution in [2.45, 2.75) is 46.0 Å². The molecule has 0 saturated carbocycles. The van der Waals surface area contributed by atoms with Gasteiger partial charge >= 0.3 is 0 Å². The lowest BCUT2D eigenvalue weighted by molar-refractivity contribution is -0.106. The molecule has 1 aliphatic rings. The monoisotopic (exact) mass is 379 g/mol. The van der Waals surface area contributed by atoms with Gasteiger partial charge in [-0.15, -0.1) is 0 Å². The van der Waals surface area contributed by atoms with Crippen molar-refractivity contribution < 1.29 is 4.79 Å². The Labute approximate surface area is 166 Å². The molecule has 3 rings (SSSR count). The van der Waals surface area contributed by atoms with Crippen LogP contribution in [0.2, 0.25) is 0 Å². The Kier molecular flexibility index (Phi) is 7.87.